The Balaban J connectivity index is 2.50. The molecule has 2 aromatic rings. The van der Waals surface area contributed by atoms with Gasteiger partial charge in [-0.15, -0.1) is 0 Å². The molecule has 0 saturated heterocycles. The van der Waals surface area contributed by atoms with Gasteiger partial charge in [0.05, 0.1) is 23.1 Å². The van der Waals surface area contributed by atoms with Crippen LogP contribution >= 0.6 is 11.6 Å². The Bertz CT molecular complexity index is 591. The molecule has 0 radical (unpaired) electrons. The summed E-state index contributed by atoms with van der Waals surface area (Å²) in [6.07, 6.45) is -2.91. The van der Waals surface area contributed by atoms with Crippen LogP contribution in [-0.2, 0) is 6.18 Å². The van der Waals surface area contributed by atoms with Crippen molar-refractivity contribution in [1.82, 2.24) is 19.7 Å². The molecule has 2 aromatic heterocycles. The van der Waals surface area contributed by atoms with Gasteiger partial charge < -0.3 is 0 Å². The van der Waals surface area contributed by atoms with Crippen LogP contribution in [0.25, 0.3) is 5.82 Å². The number of aromatic nitrogens is 4. The van der Waals surface area contributed by atoms with Crippen molar-refractivity contribution in [2.75, 3.05) is 0 Å². The minimum atomic E-state index is -4.45. The molecule has 96 valence electrons. The topological polar surface area (TPSA) is 43.6 Å². The highest BCUT2D eigenvalue weighted by Gasteiger charge is 2.32. The Morgan fingerprint density at radius 3 is 2.33 bits per heavy atom. The van der Waals surface area contributed by atoms with Crippen LogP contribution in [-0.4, -0.2) is 19.7 Å². The maximum atomic E-state index is 12.4. The molecule has 0 N–H and O–H groups in total. The smallest absolute Gasteiger partial charge is 0.236 e. The molecule has 0 atom stereocenters. The molecule has 2 heterocycles. The van der Waals surface area contributed by atoms with Crippen LogP contribution in [0.5, 0.6) is 0 Å². The highest BCUT2D eigenvalue weighted by atomic mass is 35.5. The SMILES string of the molecule is Cc1nc(Cl)c(-n2cc(C(F)(F)F)cn2)nc1C. The van der Waals surface area contributed by atoms with E-state index in [0.717, 1.165) is 10.9 Å². The number of hydrogen-bond acceptors (Lipinski definition) is 3. The lowest BCUT2D eigenvalue weighted by atomic mass is 10.3. The molecule has 8 heteroatoms. The van der Waals surface area contributed by atoms with Crippen molar-refractivity contribution in [3.63, 3.8) is 0 Å². The molecule has 0 unspecified atom stereocenters. The number of aryl methyl sites for hydroxylation is 2. The summed E-state index contributed by atoms with van der Waals surface area (Å²) >= 11 is 5.84. The van der Waals surface area contributed by atoms with Crippen LogP contribution in [0.1, 0.15) is 17.0 Å². The van der Waals surface area contributed by atoms with Gasteiger partial charge in [-0.25, -0.2) is 14.6 Å². The van der Waals surface area contributed by atoms with Gasteiger partial charge >= 0.3 is 6.18 Å². The standard InChI is InChI=1S/C10H8ClF3N4/c1-5-6(2)17-9(8(11)16-5)18-4-7(3-15-18)10(12,13)14/h3-4H,1-2H3. The van der Waals surface area contributed by atoms with Crippen LogP contribution in [0.4, 0.5) is 13.2 Å². The lowest BCUT2D eigenvalue weighted by Gasteiger charge is -2.06. The van der Waals surface area contributed by atoms with E-state index in [9.17, 15) is 13.2 Å². The Hall–Kier alpha value is -1.63. The third kappa shape index (κ3) is 2.31. The van der Waals surface area contributed by atoms with Crippen molar-refractivity contribution in [1.29, 1.82) is 0 Å². The van der Waals surface area contributed by atoms with Gasteiger partial charge in [0.2, 0.25) is 0 Å². The third-order valence-electron chi connectivity index (χ3n) is 2.37. The van der Waals surface area contributed by atoms with E-state index in [1.165, 1.54) is 0 Å². The Labute approximate surface area is 105 Å². The van der Waals surface area contributed by atoms with E-state index in [2.05, 4.69) is 15.1 Å². The Kier molecular flexibility index (Phi) is 3.02. The number of halogens is 4. The van der Waals surface area contributed by atoms with Gasteiger partial charge in [0.1, 0.15) is 0 Å². The summed E-state index contributed by atoms with van der Waals surface area (Å²) < 4.78 is 38.3. The van der Waals surface area contributed by atoms with E-state index in [4.69, 9.17) is 11.6 Å². The molecule has 0 aliphatic heterocycles. The number of hydrogen-bond donors (Lipinski definition) is 0. The zero-order valence-electron chi connectivity index (χ0n) is 9.46. The molecule has 0 amide bonds. The van der Waals surface area contributed by atoms with Crippen molar-refractivity contribution >= 4 is 11.6 Å². The van der Waals surface area contributed by atoms with Gasteiger partial charge in [0.25, 0.3) is 0 Å². The first-order chi connectivity index (χ1) is 8.29. The zero-order chi connectivity index (χ0) is 13.5. The van der Waals surface area contributed by atoms with Crippen LogP contribution in [0.3, 0.4) is 0 Å². The lowest BCUT2D eigenvalue weighted by Crippen LogP contribution is -2.05. The fourth-order valence-electron chi connectivity index (χ4n) is 1.29. The molecule has 0 saturated carbocycles. The van der Waals surface area contributed by atoms with Gasteiger partial charge in [-0.1, -0.05) is 11.6 Å². The molecule has 0 aliphatic rings. The van der Waals surface area contributed by atoms with E-state index in [1.807, 2.05) is 0 Å². The van der Waals surface area contributed by atoms with Crippen LogP contribution in [0, 0.1) is 13.8 Å². The summed E-state index contributed by atoms with van der Waals surface area (Å²) in [4.78, 5) is 8.06. The zero-order valence-corrected chi connectivity index (χ0v) is 10.2. The average molecular weight is 277 g/mol. The molecular formula is C10H8ClF3N4. The highest BCUT2D eigenvalue weighted by molar-refractivity contribution is 6.30. The van der Waals surface area contributed by atoms with E-state index in [0.29, 0.717) is 17.6 Å². The molecular weight excluding hydrogens is 269 g/mol. The minimum absolute atomic E-state index is 0.00919. The highest BCUT2D eigenvalue weighted by Crippen LogP contribution is 2.29. The third-order valence-corrected chi connectivity index (χ3v) is 2.63. The first-order valence-electron chi connectivity index (χ1n) is 4.92. The summed E-state index contributed by atoms with van der Waals surface area (Å²) in [5, 5.41) is 3.60. The second-order valence-electron chi connectivity index (χ2n) is 3.68. The fourth-order valence-corrected chi connectivity index (χ4v) is 1.55. The molecule has 0 aliphatic carbocycles. The summed E-state index contributed by atoms with van der Waals surface area (Å²) in [5.74, 6) is 0.0790. The normalized spacial score (nSPS) is 11.9. The van der Waals surface area contributed by atoms with E-state index < -0.39 is 11.7 Å². The van der Waals surface area contributed by atoms with Crippen LogP contribution < -0.4 is 0 Å². The maximum absolute atomic E-state index is 12.4. The molecule has 0 fully saturated rings. The van der Waals surface area contributed by atoms with Gasteiger partial charge in [-0.05, 0) is 13.8 Å². The van der Waals surface area contributed by atoms with E-state index in [1.54, 1.807) is 13.8 Å². The minimum Gasteiger partial charge on any atom is -0.236 e. The molecule has 18 heavy (non-hydrogen) atoms. The van der Waals surface area contributed by atoms with E-state index in [-0.39, 0.29) is 11.0 Å². The monoisotopic (exact) mass is 276 g/mol. The second kappa shape index (κ2) is 4.24. The molecule has 4 nitrogen and oxygen atoms in total. The first kappa shape index (κ1) is 12.8. The van der Waals surface area contributed by atoms with Gasteiger partial charge in [-0.3, -0.25) is 0 Å². The van der Waals surface area contributed by atoms with Crippen molar-refractivity contribution in [3.8, 4) is 5.82 Å². The lowest BCUT2D eigenvalue weighted by molar-refractivity contribution is -0.137. The molecule has 0 bridgehead atoms. The number of alkyl halides is 3. The Morgan fingerprint density at radius 2 is 1.78 bits per heavy atom. The number of nitrogens with zero attached hydrogens (tertiary/aromatic N) is 4. The largest absolute Gasteiger partial charge is 0.419 e. The predicted octanol–water partition coefficient (Wildman–Crippen LogP) is 2.95. The fraction of sp³-hybridized carbons (Fsp3) is 0.300. The molecule has 2 rings (SSSR count). The van der Waals surface area contributed by atoms with Crippen LogP contribution in [0.15, 0.2) is 12.4 Å². The van der Waals surface area contributed by atoms with Gasteiger partial charge in [0, 0.05) is 6.20 Å². The maximum Gasteiger partial charge on any atom is 0.419 e. The average Bonchev–Trinajstić information content (AvgIpc) is 2.72. The predicted molar refractivity (Wildman–Crippen MR) is 58.6 cm³/mol. The van der Waals surface area contributed by atoms with Crippen molar-refractivity contribution in [2.24, 2.45) is 0 Å². The van der Waals surface area contributed by atoms with E-state index >= 15 is 0 Å². The number of rotatable bonds is 1. The van der Waals surface area contributed by atoms with Gasteiger partial charge in [-0.2, -0.15) is 18.3 Å². The summed E-state index contributed by atoms with van der Waals surface area (Å²) in [7, 11) is 0. The van der Waals surface area contributed by atoms with Crippen molar-refractivity contribution < 1.29 is 13.2 Å². The van der Waals surface area contributed by atoms with Crippen molar-refractivity contribution in [3.05, 3.63) is 34.5 Å². The summed E-state index contributed by atoms with van der Waals surface area (Å²) in [5.41, 5.74) is 0.337. The molecule has 0 spiro atoms. The quantitative estimate of drug-likeness (QED) is 0.804. The first-order valence-corrected chi connectivity index (χ1v) is 5.30. The van der Waals surface area contributed by atoms with Crippen molar-refractivity contribution in [2.45, 2.75) is 20.0 Å². The Morgan fingerprint density at radius 1 is 1.17 bits per heavy atom. The summed E-state index contributed by atoms with van der Waals surface area (Å²) in [6, 6.07) is 0. The van der Waals surface area contributed by atoms with Crippen LogP contribution in [0.2, 0.25) is 5.15 Å². The second-order valence-corrected chi connectivity index (χ2v) is 4.04. The van der Waals surface area contributed by atoms with Gasteiger partial charge in [0.15, 0.2) is 11.0 Å². The summed E-state index contributed by atoms with van der Waals surface area (Å²) in [6.45, 7) is 3.40. The molecule has 0 aromatic carbocycles.